The number of nitrogens with zero attached hydrogens (tertiary/aromatic N) is 1. The molecule has 1 aromatic heterocycles. The lowest BCUT2D eigenvalue weighted by atomic mass is 9.84. The highest BCUT2D eigenvalue weighted by Crippen LogP contribution is 2.27. The predicted molar refractivity (Wildman–Crippen MR) is 113 cm³/mol. The molecule has 1 aromatic carbocycles. The average Bonchev–Trinajstić information content (AvgIpc) is 3.05. The standard InChI is InChI=1S/C22H31NO5S/c1-17(14-22(2,3)4)13-21(24)23(16-20-7-6-12-27-20)15-18-8-10-19(11-9-18)28-29(5,25)26/h6-12,17H,13-16H2,1-5H3. The van der Waals surface area contributed by atoms with E-state index in [0.717, 1.165) is 24.0 Å². The fourth-order valence-electron chi connectivity index (χ4n) is 3.41. The third-order valence-electron chi connectivity index (χ3n) is 4.31. The van der Waals surface area contributed by atoms with Gasteiger partial charge in [-0.25, -0.2) is 0 Å². The molecule has 0 aliphatic heterocycles. The van der Waals surface area contributed by atoms with E-state index in [2.05, 4.69) is 27.7 Å². The van der Waals surface area contributed by atoms with Crippen LogP contribution in [0.5, 0.6) is 5.75 Å². The number of hydrogen-bond donors (Lipinski definition) is 0. The molecule has 29 heavy (non-hydrogen) atoms. The Morgan fingerprint density at radius 3 is 2.31 bits per heavy atom. The number of carbonyl (C=O) groups is 1. The first-order chi connectivity index (χ1) is 13.4. The lowest BCUT2D eigenvalue weighted by molar-refractivity contribution is -0.133. The van der Waals surface area contributed by atoms with Crippen molar-refractivity contribution >= 4 is 16.0 Å². The smallest absolute Gasteiger partial charge is 0.306 e. The minimum atomic E-state index is -3.57. The zero-order chi connectivity index (χ0) is 21.7. The van der Waals surface area contributed by atoms with Gasteiger partial charge in [-0.3, -0.25) is 4.79 Å². The normalized spacial score (nSPS) is 13.1. The molecule has 0 bridgehead atoms. The Morgan fingerprint density at radius 1 is 1.14 bits per heavy atom. The van der Waals surface area contributed by atoms with Crippen molar-refractivity contribution < 1.29 is 21.8 Å². The third-order valence-corrected chi connectivity index (χ3v) is 4.80. The molecule has 0 aliphatic rings. The first-order valence-electron chi connectivity index (χ1n) is 9.70. The maximum absolute atomic E-state index is 13.0. The number of amides is 1. The van der Waals surface area contributed by atoms with Crippen molar-refractivity contribution in [3.05, 3.63) is 54.0 Å². The van der Waals surface area contributed by atoms with Crippen molar-refractivity contribution in [2.45, 2.75) is 53.6 Å². The summed E-state index contributed by atoms with van der Waals surface area (Å²) in [5, 5.41) is 0. The van der Waals surface area contributed by atoms with E-state index in [4.69, 9.17) is 8.60 Å². The van der Waals surface area contributed by atoms with Crippen molar-refractivity contribution in [2.75, 3.05) is 6.26 Å². The molecule has 1 heterocycles. The molecule has 0 fully saturated rings. The number of hydrogen-bond acceptors (Lipinski definition) is 5. The van der Waals surface area contributed by atoms with Crippen molar-refractivity contribution in [3.8, 4) is 5.75 Å². The summed E-state index contributed by atoms with van der Waals surface area (Å²) in [6, 6.07) is 10.4. The van der Waals surface area contributed by atoms with Crippen LogP contribution in [-0.2, 0) is 28.0 Å². The van der Waals surface area contributed by atoms with E-state index in [-0.39, 0.29) is 23.0 Å². The van der Waals surface area contributed by atoms with Crippen LogP contribution in [0.4, 0.5) is 0 Å². The van der Waals surface area contributed by atoms with Gasteiger partial charge >= 0.3 is 10.1 Å². The van der Waals surface area contributed by atoms with Crippen LogP contribution >= 0.6 is 0 Å². The number of furan rings is 1. The number of rotatable bonds is 9. The van der Waals surface area contributed by atoms with Crippen LogP contribution in [0.2, 0.25) is 0 Å². The van der Waals surface area contributed by atoms with E-state index in [1.165, 1.54) is 0 Å². The Hall–Kier alpha value is -2.28. The molecule has 2 aromatic rings. The Morgan fingerprint density at radius 2 is 1.79 bits per heavy atom. The van der Waals surface area contributed by atoms with Crippen LogP contribution < -0.4 is 4.18 Å². The van der Waals surface area contributed by atoms with Gasteiger partial charge in [-0.15, -0.1) is 0 Å². The van der Waals surface area contributed by atoms with Gasteiger partial charge in [0.2, 0.25) is 5.91 Å². The summed E-state index contributed by atoms with van der Waals surface area (Å²) in [5.74, 6) is 1.31. The van der Waals surface area contributed by atoms with E-state index in [1.54, 1.807) is 41.5 Å². The average molecular weight is 422 g/mol. The molecule has 0 saturated carbocycles. The monoisotopic (exact) mass is 421 g/mol. The molecule has 1 amide bonds. The van der Waals surface area contributed by atoms with Gasteiger partial charge in [0.1, 0.15) is 11.5 Å². The molecule has 1 atom stereocenters. The summed E-state index contributed by atoms with van der Waals surface area (Å²) in [4.78, 5) is 14.8. The van der Waals surface area contributed by atoms with Crippen molar-refractivity contribution in [2.24, 2.45) is 11.3 Å². The van der Waals surface area contributed by atoms with Gasteiger partial charge in [-0.1, -0.05) is 39.8 Å². The maximum Gasteiger partial charge on any atom is 0.306 e. The molecule has 0 N–H and O–H groups in total. The number of carbonyl (C=O) groups excluding carboxylic acids is 1. The Kier molecular flexibility index (Phi) is 7.52. The van der Waals surface area contributed by atoms with E-state index >= 15 is 0 Å². The van der Waals surface area contributed by atoms with Crippen LogP contribution in [0.3, 0.4) is 0 Å². The second-order valence-electron chi connectivity index (χ2n) is 8.83. The topological polar surface area (TPSA) is 76.8 Å². The minimum absolute atomic E-state index is 0.0645. The SMILES string of the molecule is CC(CC(=O)N(Cc1ccc(OS(C)(=O)=O)cc1)Cc1ccco1)CC(C)(C)C. The molecule has 0 radical (unpaired) electrons. The summed E-state index contributed by atoms with van der Waals surface area (Å²) in [7, 11) is -3.57. The minimum Gasteiger partial charge on any atom is -0.467 e. The first kappa shape index (κ1) is 23.0. The number of benzene rings is 1. The summed E-state index contributed by atoms with van der Waals surface area (Å²) in [6.07, 6.45) is 4.03. The lowest BCUT2D eigenvalue weighted by Gasteiger charge is -2.27. The molecular formula is C22H31NO5S. The van der Waals surface area contributed by atoms with Gasteiger partial charge in [0.15, 0.2) is 0 Å². The lowest BCUT2D eigenvalue weighted by Crippen LogP contribution is -2.31. The first-order valence-corrected chi connectivity index (χ1v) is 11.5. The van der Waals surface area contributed by atoms with Crippen LogP contribution in [0, 0.1) is 11.3 Å². The molecular weight excluding hydrogens is 390 g/mol. The highest BCUT2D eigenvalue weighted by molar-refractivity contribution is 7.86. The van der Waals surface area contributed by atoms with E-state index in [1.807, 2.05) is 6.07 Å². The van der Waals surface area contributed by atoms with Gasteiger partial charge in [0.05, 0.1) is 19.1 Å². The summed E-state index contributed by atoms with van der Waals surface area (Å²) < 4.78 is 32.8. The second kappa shape index (κ2) is 9.48. The van der Waals surface area contributed by atoms with Gasteiger partial charge < -0.3 is 13.5 Å². The molecule has 2 rings (SSSR count). The zero-order valence-corrected chi connectivity index (χ0v) is 18.7. The quantitative estimate of drug-likeness (QED) is 0.553. The van der Waals surface area contributed by atoms with Crippen LogP contribution in [0.25, 0.3) is 0 Å². The molecule has 0 spiro atoms. The van der Waals surface area contributed by atoms with Crippen LogP contribution in [0.15, 0.2) is 47.1 Å². The third kappa shape index (κ3) is 8.73. The largest absolute Gasteiger partial charge is 0.467 e. The molecule has 1 unspecified atom stereocenters. The zero-order valence-electron chi connectivity index (χ0n) is 17.8. The van der Waals surface area contributed by atoms with Gasteiger partial charge in [0, 0.05) is 13.0 Å². The highest BCUT2D eigenvalue weighted by Gasteiger charge is 2.22. The van der Waals surface area contributed by atoms with Crippen LogP contribution in [-0.4, -0.2) is 25.5 Å². The molecule has 7 heteroatoms. The second-order valence-corrected chi connectivity index (χ2v) is 10.4. The summed E-state index contributed by atoms with van der Waals surface area (Å²) >= 11 is 0. The molecule has 6 nitrogen and oxygen atoms in total. The van der Waals surface area contributed by atoms with Crippen molar-refractivity contribution in [3.63, 3.8) is 0 Å². The Bertz CT molecular complexity index is 880. The van der Waals surface area contributed by atoms with Crippen LogP contribution in [0.1, 0.15) is 51.9 Å². The fourth-order valence-corrected chi connectivity index (χ4v) is 3.87. The van der Waals surface area contributed by atoms with E-state index < -0.39 is 10.1 Å². The van der Waals surface area contributed by atoms with E-state index in [9.17, 15) is 13.2 Å². The predicted octanol–water partition coefficient (Wildman–Crippen LogP) is 4.61. The van der Waals surface area contributed by atoms with Gasteiger partial charge in [-0.05, 0) is 47.6 Å². The summed E-state index contributed by atoms with van der Waals surface area (Å²) in [6.45, 7) is 9.42. The molecule has 0 aliphatic carbocycles. The van der Waals surface area contributed by atoms with E-state index in [0.29, 0.717) is 19.5 Å². The molecule has 0 saturated heterocycles. The summed E-state index contributed by atoms with van der Waals surface area (Å²) in [5.41, 5.74) is 1.05. The van der Waals surface area contributed by atoms with Crippen molar-refractivity contribution in [1.82, 2.24) is 4.90 Å². The molecule has 160 valence electrons. The Balaban J connectivity index is 2.10. The fraction of sp³-hybridized carbons (Fsp3) is 0.500. The van der Waals surface area contributed by atoms with Gasteiger partial charge in [0.25, 0.3) is 0 Å². The Labute approximate surface area is 174 Å². The van der Waals surface area contributed by atoms with Gasteiger partial charge in [-0.2, -0.15) is 8.42 Å². The maximum atomic E-state index is 13.0. The highest BCUT2D eigenvalue weighted by atomic mass is 32.2. The van der Waals surface area contributed by atoms with Crippen molar-refractivity contribution in [1.29, 1.82) is 0 Å².